The average molecular weight is 465 g/mol. The largest absolute Gasteiger partial charge is 0.497 e. The van der Waals surface area contributed by atoms with E-state index in [1.165, 1.54) is 0 Å². The average Bonchev–Trinajstić information content (AvgIpc) is 2.87. The van der Waals surface area contributed by atoms with Gasteiger partial charge in [-0.2, -0.15) is 0 Å². The van der Waals surface area contributed by atoms with Gasteiger partial charge in [0.05, 0.1) is 23.8 Å². The lowest BCUT2D eigenvalue weighted by molar-refractivity contribution is 0.155. The maximum absolute atomic E-state index is 12.3. The summed E-state index contributed by atoms with van der Waals surface area (Å²) >= 11 is 0. The molecular weight excluding hydrogens is 440 g/mol. The first-order chi connectivity index (χ1) is 17.1. The molecule has 174 valence electrons. The number of pyridine rings is 1. The molecule has 0 unspecified atom stereocenters. The summed E-state index contributed by atoms with van der Waals surface area (Å²) in [7, 11) is 1.57. The highest BCUT2D eigenvalue weighted by molar-refractivity contribution is 6.08. The van der Waals surface area contributed by atoms with Crippen molar-refractivity contribution in [1.82, 2.24) is 4.98 Å². The standard InChI is InChI=1S/C28H24N4O3/c1-34-22-8-6-7-20(16-22)31-28(33)35-17-18-13-19(29)15-21(14-18)30-27-23-9-2-4-11-25(23)32-26-12-5-3-10-24(26)27/h2-16H,17,29H2,1H3,(H,30,32)(H,31,33). The normalized spacial score (nSPS) is 10.8. The molecule has 0 fully saturated rings. The van der Waals surface area contributed by atoms with Crippen LogP contribution in [0.1, 0.15) is 5.56 Å². The van der Waals surface area contributed by atoms with Crippen molar-refractivity contribution >= 4 is 50.6 Å². The fourth-order valence-corrected chi connectivity index (χ4v) is 4.00. The van der Waals surface area contributed by atoms with Crippen molar-refractivity contribution in [2.24, 2.45) is 0 Å². The molecule has 1 heterocycles. The summed E-state index contributed by atoms with van der Waals surface area (Å²) in [4.78, 5) is 17.1. The lowest BCUT2D eigenvalue weighted by atomic mass is 10.1. The Morgan fingerprint density at radius 2 is 1.57 bits per heavy atom. The second-order valence-corrected chi connectivity index (χ2v) is 8.04. The number of carbonyl (C=O) groups is 1. The van der Waals surface area contributed by atoms with E-state index in [2.05, 4.69) is 10.6 Å². The van der Waals surface area contributed by atoms with E-state index in [9.17, 15) is 4.79 Å². The van der Waals surface area contributed by atoms with Crippen LogP contribution >= 0.6 is 0 Å². The molecule has 0 aliphatic rings. The van der Waals surface area contributed by atoms with Crippen molar-refractivity contribution in [3.8, 4) is 5.75 Å². The first-order valence-corrected chi connectivity index (χ1v) is 11.1. The van der Waals surface area contributed by atoms with Gasteiger partial charge in [0.15, 0.2) is 0 Å². The van der Waals surface area contributed by atoms with Gasteiger partial charge in [-0.3, -0.25) is 5.32 Å². The van der Waals surface area contributed by atoms with E-state index in [-0.39, 0.29) is 6.61 Å². The number of fused-ring (bicyclic) bond motifs is 2. The van der Waals surface area contributed by atoms with E-state index < -0.39 is 6.09 Å². The van der Waals surface area contributed by atoms with Crippen LogP contribution in [-0.4, -0.2) is 18.2 Å². The van der Waals surface area contributed by atoms with Crippen LogP contribution in [0.5, 0.6) is 5.75 Å². The zero-order valence-corrected chi connectivity index (χ0v) is 19.1. The van der Waals surface area contributed by atoms with Crippen LogP contribution in [0.25, 0.3) is 21.8 Å². The molecule has 0 spiro atoms. The van der Waals surface area contributed by atoms with Gasteiger partial charge in [0.1, 0.15) is 12.4 Å². The number of nitrogens with two attached hydrogens (primary N) is 1. The molecule has 0 radical (unpaired) electrons. The molecule has 0 bridgehead atoms. The number of ether oxygens (including phenoxy) is 2. The molecule has 1 amide bonds. The van der Waals surface area contributed by atoms with Gasteiger partial charge in [-0.15, -0.1) is 0 Å². The van der Waals surface area contributed by atoms with Crippen molar-refractivity contribution in [1.29, 1.82) is 0 Å². The summed E-state index contributed by atoms with van der Waals surface area (Å²) in [5.41, 5.74) is 11.6. The van der Waals surface area contributed by atoms with E-state index in [1.807, 2.05) is 60.7 Å². The second kappa shape index (κ2) is 9.61. The molecule has 4 aromatic carbocycles. The summed E-state index contributed by atoms with van der Waals surface area (Å²) in [6.07, 6.45) is -0.568. The number of aromatic nitrogens is 1. The Morgan fingerprint density at radius 3 is 2.29 bits per heavy atom. The van der Waals surface area contributed by atoms with E-state index in [0.29, 0.717) is 17.1 Å². The number of hydrogen-bond acceptors (Lipinski definition) is 6. The fraction of sp³-hybridized carbons (Fsp3) is 0.0714. The van der Waals surface area contributed by atoms with Crippen molar-refractivity contribution in [3.63, 3.8) is 0 Å². The molecule has 5 rings (SSSR count). The third-order valence-electron chi connectivity index (χ3n) is 5.56. The number of nitrogens with zero attached hydrogens (tertiary/aromatic N) is 1. The number of rotatable bonds is 6. The van der Waals surface area contributed by atoms with Crippen LogP contribution < -0.4 is 21.1 Å². The summed E-state index contributed by atoms with van der Waals surface area (Å²) in [6.45, 7) is 0.0629. The van der Waals surface area contributed by atoms with Gasteiger partial charge in [0, 0.05) is 33.9 Å². The number of benzene rings is 4. The topological polar surface area (TPSA) is 98.5 Å². The Balaban J connectivity index is 1.37. The van der Waals surface area contributed by atoms with Gasteiger partial charge < -0.3 is 20.5 Å². The number of hydrogen-bond donors (Lipinski definition) is 3. The zero-order chi connectivity index (χ0) is 24.2. The van der Waals surface area contributed by atoms with Crippen LogP contribution in [0.2, 0.25) is 0 Å². The van der Waals surface area contributed by atoms with Crippen LogP contribution in [0, 0.1) is 0 Å². The third kappa shape index (κ3) is 4.94. The zero-order valence-electron chi connectivity index (χ0n) is 19.1. The third-order valence-corrected chi connectivity index (χ3v) is 5.56. The number of anilines is 4. The van der Waals surface area contributed by atoms with E-state index in [0.717, 1.165) is 38.7 Å². The number of amides is 1. The maximum atomic E-state index is 12.3. The molecule has 0 aliphatic carbocycles. The number of carbonyl (C=O) groups excluding carboxylic acids is 1. The number of methoxy groups -OCH3 is 1. The van der Waals surface area contributed by atoms with Crippen molar-refractivity contribution in [3.05, 3.63) is 96.6 Å². The molecule has 7 heteroatoms. The summed E-state index contributed by atoms with van der Waals surface area (Å²) < 4.78 is 10.6. The van der Waals surface area contributed by atoms with E-state index in [1.54, 1.807) is 37.4 Å². The summed E-state index contributed by atoms with van der Waals surface area (Å²) in [6, 6.07) is 28.6. The predicted octanol–water partition coefficient (Wildman–Crippen LogP) is 6.47. The first-order valence-electron chi connectivity index (χ1n) is 11.1. The van der Waals surface area contributed by atoms with Crippen molar-refractivity contribution in [2.75, 3.05) is 23.5 Å². The molecule has 7 nitrogen and oxygen atoms in total. The quantitative estimate of drug-likeness (QED) is 0.197. The van der Waals surface area contributed by atoms with Gasteiger partial charge >= 0.3 is 6.09 Å². The predicted molar refractivity (Wildman–Crippen MR) is 140 cm³/mol. The number of nitrogens with one attached hydrogen (secondary N) is 2. The Bertz CT molecular complexity index is 1480. The maximum Gasteiger partial charge on any atom is 0.411 e. The summed E-state index contributed by atoms with van der Waals surface area (Å²) in [5, 5.41) is 8.23. The van der Waals surface area contributed by atoms with Crippen molar-refractivity contribution in [2.45, 2.75) is 6.61 Å². The van der Waals surface area contributed by atoms with Gasteiger partial charge in [-0.1, -0.05) is 42.5 Å². The van der Waals surface area contributed by atoms with Gasteiger partial charge in [-0.05, 0) is 48.0 Å². The molecule has 1 aromatic heterocycles. The molecule has 0 atom stereocenters. The first kappa shape index (κ1) is 22.0. The number of nitrogen functional groups attached to an aromatic ring is 1. The SMILES string of the molecule is COc1cccc(NC(=O)OCc2cc(N)cc(Nc3c4ccccc4nc4ccccc34)c2)c1. The molecule has 35 heavy (non-hydrogen) atoms. The smallest absolute Gasteiger partial charge is 0.411 e. The lowest BCUT2D eigenvalue weighted by Gasteiger charge is -2.15. The van der Waals surface area contributed by atoms with Crippen LogP contribution in [0.15, 0.2) is 91.0 Å². The Labute approximate surface area is 202 Å². The Hall–Kier alpha value is -4.78. The van der Waals surface area contributed by atoms with Gasteiger partial charge in [0.2, 0.25) is 0 Å². The monoisotopic (exact) mass is 464 g/mol. The highest BCUT2D eigenvalue weighted by Crippen LogP contribution is 2.33. The molecule has 0 saturated heterocycles. The van der Waals surface area contributed by atoms with E-state index in [4.69, 9.17) is 20.2 Å². The molecule has 5 aromatic rings. The van der Waals surface area contributed by atoms with Crippen LogP contribution in [-0.2, 0) is 11.3 Å². The highest BCUT2D eigenvalue weighted by atomic mass is 16.5. The molecule has 0 aliphatic heterocycles. The Kier molecular flexibility index (Phi) is 6.05. The molecule has 4 N–H and O–H groups in total. The minimum Gasteiger partial charge on any atom is -0.497 e. The van der Waals surface area contributed by atoms with Crippen LogP contribution in [0.4, 0.5) is 27.5 Å². The second-order valence-electron chi connectivity index (χ2n) is 8.04. The summed E-state index contributed by atoms with van der Waals surface area (Å²) in [5.74, 6) is 0.644. The van der Waals surface area contributed by atoms with Crippen molar-refractivity contribution < 1.29 is 14.3 Å². The van der Waals surface area contributed by atoms with Gasteiger partial charge in [-0.25, -0.2) is 9.78 Å². The van der Waals surface area contributed by atoms with E-state index >= 15 is 0 Å². The lowest BCUT2D eigenvalue weighted by Crippen LogP contribution is -2.13. The molecule has 0 saturated carbocycles. The minimum absolute atomic E-state index is 0.0629. The van der Waals surface area contributed by atoms with Crippen LogP contribution in [0.3, 0.4) is 0 Å². The number of para-hydroxylation sites is 2. The van der Waals surface area contributed by atoms with Gasteiger partial charge in [0.25, 0.3) is 0 Å². The highest BCUT2D eigenvalue weighted by Gasteiger charge is 2.11. The molecular formula is C28H24N4O3. The Morgan fingerprint density at radius 1 is 0.857 bits per heavy atom. The fourth-order valence-electron chi connectivity index (χ4n) is 4.00. The minimum atomic E-state index is -0.568.